The molecule has 3 nitrogen and oxygen atoms in total. The first-order valence-corrected chi connectivity index (χ1v) is 7.24. The smallest absolute Gasteiger partial charge is 0.121 e. The second kappa shape index (κ2) is 5.54. The maximum Gasteiger partial charge on any atom is 0.121 e. The molecule has 0 spiro atoms. The van der Waals surface area contributed by atoms with E-state index in [0.717, 1.165) is 35.5 Å². The number of ether oxygens (including phenoxy) is 1. The van der Waals surface area contributed by atoms with Crippen LogP contribution >= 0.6 is 11.8 Å². The highest BCUT2D eigenvalue weighted by molar-refractivity contribution is 7.99. The monoisotopic (exact) mass is 252 g/mol. The van der Waals surface area contributed by atoms with Gasteiger partial charge in [-0.1, -0.05) is 0 Å². The Kier molecular flexibility index (Phi) is 4.05. The van der Waals surface area contributed by atoms with Crippen LogP contribution in [0.15, 0.2) is 18.2 Å². The van der Waals surface area contributed by atoms with Gasteiger partial charge in [-0.2, -0.15) is 11.8 Å². The third-order valence-corrected chi connectivity index (χ3v) is 4.49. The van der Waals surface area contributed by atoms with Crippen LogP contribution in [0, 0.1) is 0 Å². The molecule has 1 aromatic rings. The Balaban J connectivity index is 2.12. The Morgan fingerprint density at radius 1 is 1.35 bits per heavy atom. The number of nitrogen functional groups attached to an aromatic ring is 1. The van der Waals surface area contributed by atoms with Gasteiger partial charge in [0, 0.05) is 24.4 Å². The third kappa shape index (κ3) is 2.80. The first-order chi connectivity index (χ1) is 8.24. The summed E-state index contributed by atoms with van der Waals surface area (Å²) in [6.45, 7) is 2.17. The lowest BCUT2D eigenvalue weighted by Gasteiger charge is -2.33. The van der Waals surface area contributed by atoms with Crippen LogP contribution in [0.25, 0.3) is 0 Å². The molecule has 0 radical (unpaired) electrons. The van der Waals surface area contributed by atoms with Crippen molar-refractivity contribution in [1.82, 2.24) is 0 Å². The third-order valence-electron chi connectivity index (χ3n) is 3.35. The van der Waals surface area contributed by atoms with E-state index >= 15 is 0 Å². The fraction of sp³-hybridized carbons (Fsp3) is 0.538. The van der Waals surface area contributed by atoms with Crippen LogP contribution in [0.1, 0.15) is 12.8 Å². The topological polar surface area (TPSA) is 38.5 Å². The molecule has 0 saturated carbocycles. The van der Waals surface area contributed by atoms with E-state index in [1.165, 1.54) is 12.8 Å². The normalized spacial score (nSPS) is 17.2. The van der Waals surface area contributed by atoms with E-state index in [-0.39, 0.29) is 0 Å². The van der Waals surface area contributed by atoms with Gasteiger partial charge in [0.15, 0.2) is 0 Å². The molecule has 1 aliphatic rings. The highest BCUT2D eigenvalue weighted by Gasteiger charge is 2.20. The second-order valence-corrected chi connectivity index (χ2v) is 5.48. The fourth-order valence-electron chi connectivity index (χ4n) is 2.26. The number of nitrogens with two attached hydrogens (primary N) is 1. The molecule has 2 N–H and O–H groups in total. The van der Waals surface area contributed by atoms with E-state index in [4.69, 9.17) is 10.5 Å². The quantitative estimate of drug-likeness (QED) is 0.839. The van der Waals surface area contributed by atoms with E-state index in [1.54, 1.807) is 7.11 Å². The highest BCUT2D eigenvalue weighted by Crippen LogP contribution is 2.31. The zero-order valence-electron chi connectivity index (χ0n) is 10.5. The second-order valence-electron chi connectivity index (χ2n) is 4.35. The van der Waals surface area contributed by atoms with Crippen molar-refractivity contribution in [3.8, 4) is 5.75 Å². The van der Waals surface area contributed by atoms with Gasteiger partial charge in [0.1, 0.15) is 5.75 Å². The predicted octanol–water partition coefficient (Wildman–Crippen LogP) is 2.61. The van der Waals surface area contributed by atoms with Crippen LogP contribution in [0.2, 0.25) is 0 Å². The minimum absolute atomic E-state index is 0.804. The van der Waals surface area contributed by atoms with Crippen molar-refractivity contribution in [1.29, 1.82) is 0 Å². The first kappa shape index (κ1) is 12.4. The molecule has 17 heavy (non-hydrogen) atoms. The van der Waals surface area contributed by atoms with E-state index < -0.39 is 0 Å². The summed E-state index contributed by atoms with van der Waals surface area (Å²) in [7, 11) is 1.69. The van der Waals surface area contributed by atoms with E-state index in [1.807, 2.05) is 30.0 Å². The van der Waals surface area contributed by atoms with Crippen LogP contribution in [-0.4, -0.2) is 31.7 Å². The van der Waals surface area contributed by atoms with Crippen molar-refractivity contribution in [3.05, 3.63) is 18.2 Å². The molecular formula is C13H20N2OS. The molecule has 1 aliphatic heterocycles. The summed E-state index contributed by atoms with van der Waals surface area (Å²) in [4.78, 5) is 2.37. The summed E-state index contributed by atoms with van der Waals surface area (Å²) in [6, 6.07) is 5.87. The summed E-state index contributed by atoms with van der Waals surface area (Å²) in [6.07, 6.45) is 4.66. The molecular weight excluding hydrogens is 232 g/mol. The number of hydrogen-bond donors (Lipinski definition) is 1. The largest absolute Gasteiger partial charge is 0.497 e. The lowest BCUT2D eigenvalue weighted by molar-refractivity contribution is 0.414. The molecule has 0 atom stereocenters. The van der Waals surface area contributed by atoms with Gasteiger partial charge in [-0.25, -0.2) is 0 Å². The Morgan fingerprint density at radius 3 is 2.65 bits per heavy atom. The molecule has 0 aliphatic carbocycles. The number of piperidine rings is 1. The van der Waals surface area contributed by atoms with Gasteiger partial charge >= 0.3 is 0 Å². The Bertz CT molecular complexity index is 376. The number of thioether (sulfide) groups is 1. The summed E-state index contributed by atoms with van der Waals surface area (Å²) < 4.78 is 5.26. The van der Waals surface area contributed by atoms with Gasteiger partial charge < -0.3 is 15.4 Å². The molecule has 1 heterocycles. The van der Waals surface area contributed by atoms with Crippen LogP contribution in [0.5, 0.6) is 5.75 Å². The lowest BCUT2D eigenvalue weighted by Crippen LogP contribution is -2.35. The standard InChI is InChI=1S/C13H20N2OS/c1-16-10-3-4-12(14)13(9-10)15-7-5-11(17-2)6-8-15/h3-4,9,11H,5-8,14H2,1-2H3. The Morgan fingerprint density at radius 2 is 2.06 bits per heavy atom. The number of methoxy groups -OCH3 is 1. The number of rotatable bonds is 3. The molecule has 94 valence electrons. The summed E-state index contributed by atoms with van der Waals surface area (Å²) >= 11 is 1.97. The molecule has 1 saturated heterocycles. The van der Waals surface area contributed by atoms with E-state index in [9.17, 15) is 0 Å². The van der Waals surface area contributed by atoms with Gasteiger partial charge in [0.2, 0.25) is 0 Å². The van der Waals surface area contributed by atoms with Crippen LogP contribution in [0.3, 0.4) is 0 Å². The van der Waals surface area contributed by atoms with Crippen LogP contribution < -0.4 is 15.4 Å². The summed E-state index contributed by atoms with van der Waals surface area (Å²) in [5.74, 6) is 0.876. The van der Waals surface area contributed by atoms with E-state index in [2.05, 4.69) is 11.2 Å². The minimum Gasteiger partial charge on any atom is -0.497 e. The van der Waals surface area contributed by atoms with Crippen molar-refractivity contribution < 1.29 is 4.74 Å². The summed E-state index contributed by atoms with van der Waals surface area (Å²) in [5.41, 5.74) is 8.00. The first-order valence-electron chi connectivity index (χ1n) is 5.96. The van der Waals surface area contributed by atoms with Crippen molar-refractivity contribution >= 4 is 23.1 Å². The van der Waals surface area contributed by atoms with Gasteiger partial charge in [-0.15, -0.1) is 0 Å². The number of nitrogens with zero attached hydrogens (tertiary/aromatic N) is 1. The fourth-order valence-corrected chi connectivity index (χ4v) is 2.94. The molecule has 2 rings (SSSR count). The SMILES string of the molecule is COc1ccc(N)c(N2CCC(SC)CC2)c1. The molecule has 0 unspecified atom stereocenters. The van der Waals surface area contributed by atoms with E-state index in [0.29, 0.717) is 0 Å². The molecule has 1 aromatic carbocycles. The van der Waals surface area contributed by atoms with Gasteiger partial charge in [0.05, 0.1) is 18.5 Å². The number of anilines is 2. The van der Waals surface area contributed by atoms with Gasteiger partial charge in [0.25, 0.3) is 0 Å². The molecule has 0 amide bonds. The molecule has 0 aromatic heterocycles. The van der Waals surface area contributed by atoms with Crippen LogP contribution in [0.4, 0.5) is 11.4 Å². The van der Waals surface area contributed by atoms with Crippen molar-refractivity contribution in [2.75, 3.05) is 37.1 Å². The van der Waals surface area contributed by atoms with Crippen molar-refractivity contribution in [2.24, 2.45) is 0 Å². The molecule has 4 heteroatoms. The molecule has 1 fully saturated rings. The maximum absolute atomic E-state index is 6.04. The van der Waals surface area contributed by atoms with Gasteiger partial charge in [-0.3, -0.25) is 0 Å². The van der Waals surface area contributed by atoms with Crippen LogP contribution in [-0.2, 0) is 0 Å². The molecule has 0 bridgehead atoms. The lowest BCUT2D eigenvalue weighted by atomic mass is 10.1. The average Bonchev–Trinajstić information content (AvgIpc) is 2.39. The zero-order chi connectivity index (χ0) is 12.3. The number of benzene rings is 1. The van der Waals surface area contributed by atoms with Gasteiger partial charge in [-0.05, 0) is 31.2 Å². The van der Waals surface area contributed by atoms with Crippen molar-refractivity contribution in [3.63, 3.8) is 0 Å². The van der Waals surface area contributed by atoms with Crippen molar-refractivity contribution in [2.45, 2.75) is 18.1 Å². The Hall–Kier alpha value is -1.03. The summed E-state index contributed by atoms with van der Waals surface area (Å²) in [5, 5.41) is 0.804. The zero-order valence-corrected chi connectivity index (χ0v) is 11.3. The highest BCUT2D eigenvalue weighted by atomic mass is 32.2. The minimum atomic E-state index is 0.804. The number of hydrogen-bond acceptors (Lipinski definition) is 4. The predicted molar refractivity (Wildman–Crippen MR) is 76.2 cm³/mol. The Labute approximate surface area is 107 Å². The maximum atomic E-state index is 6.04. The average molecular weight is 252 g/mol.